The van der Waals surface area contributed by atoms with Crippen LogP contribution in [0.1, 0.15) is 18.2 Å². The van der Waals surface area contributed by atoms with E-state index in [4.69, 9.17) is 16.3 Å². The third-order valence-electron chi connectivity index (χ3n) is 3.14. The van der Waals surface area contributed by atoms with Crippen LogP contribution in [0.5, 0.6) is 11.5 Å². The molecule has 1 aromatic heterocycles. The number of nitrogens with zero attached hydrogens (tertiary/aromatic N) is 2. The molecule has 1 aromatic carbocycles. The Hall–Kier alpha value is -1.65. The average Bonchev–Trinajstić information content (AvgIpc) is 2.96. The maximum absolute atomic E-state index is 6.03. The Labute approximate surface area is 116 Å². The summed E-state index contributed by atoms with van der Waals surface area (Å²) in [5, 5.41) is 3.88. The summed E-state index contributed by atoms with van der Waals surface area (Å²) in [6.45, 7) is 1.98. The number of rotatable bonds is 3. The van der Waals surface area contributed by atoms with Crippen molar-refractivity contribution in [3.63, 3.8) is 0 Å². The van der Waals surface area contributed by atoms with E-state index < -0.39 is 0 Å². The summed E-state index contributed by atoms with van der Waals surface area (Å²) < 4.78 is 5.65. The second kappa shape index (κ2) is 5.55. The third kappa shape index (κ3) is 2.85. The molecule has 1 fully saturated rings. The lowest BCUT2D eigenvalue weighted by molar-refractivity contribution is 0.475. The molecule has 3 rings (SSSR count). The molecule has 2 aromatic rings. The Morgan fingerprint density at radius 3 is 2.68 bits per heavy atom. The molecule has 0 bridgehead atoms. The van der Waals surface area contributed by atoms with Crippen molar-refractivity contribution in [1.82, 2.24) is 15.3 Å². The smallest absolute Gasteiger partial charge is 0.164 e. The quantitative estimate of drug-likeness (QED) is 0.935. The van der Waals surface area contributed by atoms with Gasteiger partial charge in [0.25, 0.3) is 0 Å². The molecule has 0 saturated carbocycles. The molecule has 1 unspecified atom stereocenters. The maximum Gasteiger partial charge on any atom is 0.164 e. The van der Waals surface area contributed by atoms with Gasteiger partial charge in [-0.15, -0.1) is 0 Å². The van der Waals surface area contributed by atoms with E-state index in [1.165, 1.54) is 0 Å². The molecule has 1 N–H and O–H groups in total. The van der Waals surface area contributed by atoms with Gasteiger partial charge in [0.2, 0.25) is 0 Å². The van der Waals surface area contributed by atoms with Gasteiger partial charge in [0.15, 0.2) is 5.75 Å². The molecule has 0 amide bonds. The van der Waals surface area contributed by atoms with Crippen molar-refractivity contribution in [3.8, 4) is 11.5 Å². The minimum atomic E-state index is 0.411. The molecule has 4 nitrogen and oxygen atoms in total. The third-order valence-corrected chi connectivity index (χ3v) is 3.45. The van der Waals surface area contributed by atoms with Crippen LogP contribution in [0, 0.1) is 0 Å². The normalized spacial score (nSPS) is 18.5. The summed E-state index contributed by atoms with van der Waals surface area (Å²) in [6, 6.07) is 7.34. The van der Waals surface area contributed by atoms with Gasteiger partial charge in [0, 0.05) is 12.5 Å². The molecular formula is C14H14ClN3O. The molecule has 0 aliphatic carbocycles. The van der Waals surface area contributed by atoms with E-state index in [9.17, 15) is 0 Å². The first-order valence-corrected chi connectivity index (χ1v) is 6.66. The Morgan fingerprint density at radius 2 is 2.00 bits per heavy atom. The molecular weight excluding hydrogens is 262 g/mol. The van der Waals surface area contributed by atoms with Gasteiger partial charge in [0.05, 0.1) is 17.4 Å². The van der Waals surface area contributed by atoms with Gasteiger partial charge in [-0.2, -0.15) is 0 Å². The molecule has 98 valence electrons. The first-order valence-electron chi connectivity index (χ1n) is 6.28. The Morgan fingerprint density at radius 1 is 1.21 bits per heavy atom. The van der Waals surface area contributed by atoms with Gasteiger partial charge in [-0.05, 0) is 25.1 Å². The zero-order valence-corrected chi connectivity index (χ0v) is 11.1. The molecule has 19 heavy (non-hydrogen) atoms. The highest BCUT2D eigenvalue weighted by atomic mass is 35.5. The van der Waals surface area contributed by atoms with E-state index in [2.05, 4.69) is 15.3 Å². The van der Waals surface area contributed by atoms with E-state index in [-0.39, 0.29) is 0 Å². The number of aromatic nitrogens is 2. The summed E-state index contributed by atoms with van der Waals surface area (Å²) in [5.41, 5.74) is 0. The minimum absolute atomic E-state index is 0.411. The first-order chi connectivity index (χ1) is 9.33. The molecule has 0 radical (unpaired) electrons. The van der Waals surface area contributed by atoms with Crippen molar-refractivity contribution in [3.05, 3.63) is 47.5 Å². The van der Waals surface area contributed by atoms with Crippen LogP contribution in [-0.2, 0) is 0 Å². The summed E-state index contributed by atoms with van der Waals surface area (Å²) in [6.07, 6.45) is 4.48. The first kappa shape index (κ1) is 12.4. The highest BCUT2D eigenvalue weighted by Gasteiger charge is 2.19. The SMILES string of the molecule is Clc1ccccc1Oc1cnc(C2CCNC2)nc1. The molecule has 5 heteroatoms. The molecule has 1 aliphatic heterocycles. The number of halogens is 1. The fraction of sp³-hybridized carbons (Fsp3) is 0.286. The molecule has 1 saturated heterocycles. The average molecular weight is 276 g/mol. The van der Waals surface area contributed by atoms with Crippen molar-refractivity contribution in [2.45, 2.75) is 12.3 Å². The molecule has 1 atom stereocenters. The van der Waals surface area contributed by atoms with Crippen LogP contribution in [0.3, 0.4) is 0 Å². The second-order valence-corrected chi connectivity index (χ2v) is 4.91. The summed E-state index contributed by atoms with van der Waals surface area (Å²) in [5.74, 6) is 2.50. The Bertz CT molecular complexity index is 553. The van der Waals surface area contributed by atoms with Crippen LogP contribution in [0.15, 0.2) is 36.7 Å². The topological polar surface area (TPSA) is 47.0 Å². The number of hydrogen-bond acceptors (Lipinski definition) is 4. The van der Waals surface area contributed by atoms with Gasteiger partial charge in [-0.1, -0.05) is 23.7 Å². The number of para-hydroxylation sites is 1. The van der Waals surface area contributed by atoms with Gasteiger partial charge < -0.3 is 10.1 Å². The molecule has 1 aliphatic rings. The van der Waals surface area contributed by atoms with Crippen LogP contribution < -0.4 is 10.1 Å². The van der Waals surface area contributed by atoms with Crippen LogP contribution in [0.2, 0.25) is 5.02 Å². The van der Waals surface area contributed by atoms with Gasteiger partial charge in [-0.25, -0.2) is 9.97 Å². The standard InChI is InChI=1S/C14H14ClN3O/c15-12-3-1-2-4-13(12)19-11-8-17-14(18-9-11)10-5-6-16-7-10/h1-4,8-10,16H,5-7H2. The number of hydrogen-bond donors (Lipinski definition) is 1. The highest BCUT2D eigenvalue weighted by molar-refractivity contribution is 6.32. The largest absolute Gasteiger partial charge is 0.453 e. The predicted molar refractivity (Wildman–Crippen MR) is 73.8 cm³/mol. The number of nitrogens with one attached hydrogen (secondary N) is 1. The van der Waals surface area contributed by atoms with E-state index in [0.717, 1.165) is 25.3 Å². The lowest BCUT2D eigenvalue weighted by Crippen LogP contribution is -2.10. The molecule has 2 heterocycles. The summed E-state index contributed by atoms with van der Waals surface area (Å²) >= 11 is 6.03. The van der Waals surface area contributed by atoms with Gasteiger partial charge in [-0.3, -0.25) is 0 Å². The predicted octanol–water partition coefficient (Wildman–Crippen LogP) is 3.00. The van der Waals surface area contributed by atoms with Crippen molar-refractivity contribution in [2.75, 3.05) is 13.1 Å². The summed E-state index contributed by atoms with van der Waals surface area (Å²) in [4.78, 5) is 8.73. The summed E-state index contributed by atoms with van der Waals surface area (Å²) in [7, 11) is 0. The Kier molecular flexibility index (Phi) is 3.62. The maximum atomic E-state index is 6.03. The second-order valence-electron chi connectivity index (χ2n) is 4.50. The van der Waals surface area contributed by atoms with Crippen molar-refractivity contribution >= 4 is 11.6 Å². The van der Waals surface area contributed by atoms with Crippen LogP contribution in [0.4, 0.5) is 0 Å². The number of benzene rings is 1. The monoisotopic (exact) mass is 275 g/mol. The van der Waals surface area contributed by atoms with E-state index in [1.807, 2.05) is 18.2 Å². The van der Waals surface area contributed by atoms with E-state index in [1.54, 1.807) is 18.5 Å². The lowest BCUT2D eigenvalue weighted by atomic mass is 10.1. The van der Waals surface area contributed by atoms with Crippen LogP contribution >= 0.6 is 11.6 Å². The Balaban J connectivity index is 1.74. The van der Waals surface area contributed by atoms with Crippen molar-refractivity contribution in [1.29, 1.82) is 0 Å². The fourth-order valence-corrected chi connectivity index (χ4v) is 2.29. The van der Waals surface area contributed by atoms with Gasteiger partial charge in [0.1, 0.15) is 11.6 Å². The fourth-order valence-electron chi connectivity index (χ4n) is 2.12. The lowest BCUT2D eigenvalue weighted by Gasteiger charge is -2.09. The van der Waals surface area contributed by atoms with E-state index >= 15 is 0 Å². The van der Waals surface area contributed by atoms with Crippen molar-refractivity contribution < 1.29 is 4.74 Å². The molecule has 0 spiro atoms. The van der Waals surface area contributed by atoms with Crippen molar-refractivity contribution in [2.24, 2.45) is 0 Å². The van der Waals surface area contributed by atoms with Gasteiger partial charge >= 0.3 is 0 Å². The minimum Gasteiger partial charge on any atom is -0.453 e. The number of ether oxygens (including phenoxy) is 1. The van der Waals surface area contributed by atoms with Crippen LogP contribution in [0.25, 0.3) is 0 Å². The van der Waals surface area contributed by atoms with E-state index in [0.29, 0.717) is 22.4 Å². The van der Waals surface area contributed by atoms with Crippen LogP contribution in [-0.4, -0.2) is 23.1 Å². The zero-order valence-electron chi connectivity index (χ0n) is 10.3. The zero-order chi connectivity index (χ0) is 13.1. The highest BCUT2D eigenvalue weighted by Crippen LogP contribution is 2.28.